The molecule has 5 heteroatoms. The minimum Gasteiger partial charge on any atom is -0.491 e. The number of aliphatic hydroxyl groups excluding tert-OH is 2. The fourth-order valence-corrected chi connectivity index (χ4v) is 3.59. The largest absolute Gasteiger partial charge is 0.491 e. The van der Waals surface area contributed by atoms with Crippen LogP contribution in [0, 0.1) is 0 Å². The van der Waals surface area contributed by atoms with E-state index < -0.39 is 0 Å². The molecule has 0 aromatic heterocycles. The zero-order valence-electron chi connectivity index (χ0n) is 13.6. The molecule has 0 saturated carbocycles. The van der Waals surface area contributed by atoms with Crippen molar-refractivity contribution >= 4 is 0 Å². The van der Waals surface area contributed by atoms with Gasteiger partial charge in [-0.05, 0) is 43.4 Å². The molecule has 0 unspecified atom stereocenters. The van der Waals surface area contributed by atoms with Gasteiger partial charge < -0.3 is 19.7 Å². The molecule has 0 bridgehead atoms. The zero-order chi connectivity index (χ0) is 16.1. The van der Waals surface area contributed by atoms with Gasteiger partial charge in [-0.3, -0.25) is 4.90 Å². The van der Waals surface area contributed by atoms with Crippen LogP contribution in [0.2, 0.25) is 0 Å². The van der Waals surface area contributed by atoms with Crippen LogP contribution in [0.3, 0.4) is 0 Å². The summed E-state index contributed by atoms with van der Waals surface area (Å²) in [6.45, 7) is 3.97. The Morgan fingerprint density at radius 1 is 1.22 bits per heavy atom. The molecule has 2 heterocycles. The fourth-order valence-electron chi connectivity index (χ4n) is 3.59. The first kappa shape index (κ1) is 16.7. The van der Waals surface area contributed by atoms with E-state index >= 15 is 0 Å². The molecule has 2 aliphatic heterocycles. The highest BCUT2D eigenvalue weighted by Crippen LogP contribution is 2.35. The van der Waals surface area contributed by atoms with Crippen LogP contribution in [0.1, 0.15) is 31.2 Å². The van der Waals surface area contributed by atoms with Crippen molar-refractivity contribution in [3.8, 4) is 5.75 Å². The van der Waals surface area contributed by atoms with E-state index in [0.29, 0.717) is 6.61 Å². The van der Waals surface area contributed by atoms with Gasteiger partial charge in [0.15, 0.2) is 0 Å². The van der Waals surface area contributed by atoms with Crippen molar-refractivity contribution in [3.63, 3.8) is 0 Å². The third-order valence-corrected chi connectivity index (χ3v) is 5.01. The number of ether oxygens (including phenoxy) is 2. The monoisotopic (exact) mass is 321 g/mol. The first-order valence-corrected chi connectivity index (χ1v) is 8.59. The lowest BCUT2D eigenvalue weighted by Gasteiger charge is -2.46. The van der Waals surface area contributed by atoms with Crippen LogP contribution in [0.5, 0.6) is 5.75 Å². The summed E-state index contributed by atoms with van der Waals surface area (Å²) in [5.74, 6) is 0.791. The summed E-state index contributed by atoms with van der Waals surface area (Å²) < 4.78 is 11.3. The molecule has 1 atom stereocenters. The number of hydrogen-bond acceptors (Lipinski definition) is 5. The Morgan fingerprint density at radius 2 is 1.96 bits per heavy atom. The van der Waals surface area contributed by atoms with E-state index in [9.17, 15) is 5.11 Å². The van der Waals surface area contributed by atoms with Crippen molar-refractivity contribution < 1.29 is 19.7 Å². The smallest absolute Gasteiger partial charge is 0.119 e. The van der Waals surface area contributed by atoms with Crippen LogP contribution in [0.4, 0.5) is 0 Å². The third-order valence-electron chi connectivity index (χ3n) is 5.01. The molecular formula is C18H27NO4. The van der Waals surface area contributed by atoms with Crippen molar-refractivity contribution in [2.24, 2.45) is 0 Å². The van der Waals surface area contributed by atoms with Crippen molar-refractivity contribution in [2.45, 2.75) is 43.9 Å². The van der Waals surface area contributed by atoms with Crippen molar-refractivity contribution in [1.82, 2.24) is 4.90 Å². The summed E-state index contributed by atoms with van der Waals surface area (Å²) in [5.41, 5.74) is 0.957. The Kier molecular flexibility index (Phi) is 5.54. The Labute approximate surface area is 137 Å². The van der Waals surface area contributed by atoms with E-state index in [1.54, 1.807) is 0 Å². The first-order valence-electron chi connectivity index (χ1n) is 8.59. The molecule has 23 heavy (non-hydrogen) atoms. The number of aliphatic hydroxyl groups is 2. The van der Waals surface area contributed by atoms with Crippen LogP contribution in [0.15, 0.2) is 24.3 Å². The summed E-state index contributed by atoms with van der Waals surface area (Å²) in [6.07, 6.45) is 3.35. The van der Waals surface area contributed by atoms with Crippen LogP contribution in [0.25, 0.3) is 0 Å². The summed E-state index contributed by atoms with van der Waals surface area (Å²) in [4.78, 5) is 2.42. The predicted molar refractivity (Wildman–Crippen MR) is 87.5 cm³/mol. The maximum atomic E-state index is 10.3. The minimum absolute atomic E-state index is 0.0329. The Bertz CT molecular complexity index is 482. The fraction of sp³-hybridized carbons (Fsp3) is 0.667. The highest BCUT2D eigenvalue weighted by atomic mass is 16.5. The Morgan fingerprint density at radius 3 is 2.61 bits per heavy atom. The van der Waals surface area contributed by atoms with Crippen LogP contribution in [-0.2, 0) is 11.3 Å². The third kappa shape index (κ3) is 4.04. The van der Waals surface area contributed by atoms with Crippen molar-refractivity contribution in [1.29, 1.82) is 0 Å². The van der Waals surface area contributed by atoms with Gasteiger partial charge >= 0.3 is 0 Å². The van der Waals surface area contributed by atoms with E-state index in [4.69, 9.17) is 14.6 Å². The molecule has 1 spiro atoms. The van der Waals surface area contributed by atoms with E-state index in [1.165, 1.54) is 5.56 Å². The van der Waals surface area contributed by atoms with Crippen LogP contribution in [-0.4, -0.2) is 59.7 Å². The standard InChI is InChI=1S/C18H27NO4/c20-11-13-22-16-5-3-15(4-6-16)14-19-9-7-18(8-10-19)17(21)2-1-12-23-18/h3-6,17,20-21H,1-2,7-14H2/t17-/m1/s1. The Balaban J connectivity index is 1.50. The second kappa shape index (κ2) is 7.62. The number of benzene rings is 1. The maximum Gasteiger partial charge on any atom is 0.119 e. The van der Waals surface area contributed by atoms with Crippen LogP contribution >= 0.6 is 0 Å². The molecule has 2 saturated heterocycles. The lowest BCUT2D eigenvalue weighted by Crippen LogP contribution is -2.55. The summed E-state index contributed by atoms with van der Waals surface area (Å²) in [5, 5.41) is 19.0. The van der Waals surface area contributed by atoms with E-state index in [2.05, 4.69) is 17.0 Å². The van der Waals surface area contributed by atoms with E-state index in [0.717, 1.165) is 57.7 Å². The molecule has 2 aliphatic rings. The quantitative estimate of drug-likeness (QED) is 0.862. The normalized spacial score (nSPS) is 24.7. The highest BCUT2D eigenvalue weighted by Gasteiger charge is 2.43. The Hall–Kier alpha value is -1.14. The van der Waals surface area contributed by atoms with Gasteiger partial charge in [-0.1, -0.05) is 12.1 Å². The van der Waals surface area contributed by atoms with Gasteiger partial charge in [0.2, 0.25) is 0 Å². The lowest BCUT2D eigenvalue weighted by molar-refractivity contribution is -0.177. The van der Waals surface area contributed by atoms with Gasteiger partial charge in [-0.2, -0.15) is 0 Å². The molecule has 0 amide bonds. The molecule has 1 aromatic rings. The average Bonchev–Trinajstić information content (AvgIpc) is 2.59. The molecular weight excluding hydrogens is 294 g/mol. The van der Waals surface area contributed by atoms with Crippen molar-refractivity contribution in [2.75, 3.05) is 32.9 Å². The van der Waals surface area contributed by atoms with Gasteiger partial charge in [0.25, 0.3) is 0 Å². The summed E-state index contributed by atoms with van der Waals surface area (Å²) >= 11 is 0. The molecule has 0 aliphatic carbocycles. The van der Waals surface area contributed by atoms with E-state index in [-0.39, 0.29) is 18.3 Å². The molecule has 2 fully saturated rings. The number of likely N-dealkylation sites (tertiary alicyclic amines) is 1. The van der Waals surface area contributed by atoms with Gasteiger partial charge in [-0.15, -0.1) is 0 Å². The number of hydrogen-bond donors (Lipinski definition) is 2. The van der Waals surface area contributed by atoms with E-state index in [1.807, 2.05) is 12.1 Å². The summed E-state index contributed by atoms with van der Waals surface area (Å²) in [7, 11) is 0. The average molecular weight is 321 g/mol. The second-order valence-corrected chi connectivity index (χ2v) is 6.56. The lowest BCUT2D eigenvalue weighted by atomic mass is 9.82. The van der Waals surface area contributed by atoms with Gasteiger partial charge in [0, 0.05) is 26.2 Å². The van der Waals surface area contributed by atoms with Crippen LogP contribution < -0.4 is 4.74 Å². The summed E-state index contributed by atoms with van der Waals surface area (Å²) in [6, 6.07) is 8.04. The molecule has 1 aromatic carbocycles. The van der Waals surface area contributed by atoms with Gasteiger partial charge in [0.05, 0.1) is 18.3 Å². The van der Waals surface area contributed by atoms with Gasteiger partial charge in [0.1, 0.15) is 12.4 Å². The zero-order valence-corrected chi connectivity index (χ0v) is 13.6. The molecule has 5 nitrogen and oxygen atoms in total. The maximum absolute atomic E-state index is 10.3. The second-order valence-electron chi connectivity index (χ2n) is 6.56. The first-order chi connectivity index (χ1) is 11.2. The molecule has 0 radical (unpaired) electrons. The van der Waals surface area contributed by atoms with Gasteiger partial charge in [-0.25, -0.2) is 0 Å². The van der Waals surface area contributed by atoms with Crippen molar-refractivity contribution in [3.05, 3.63) is 29.8 Å². The SMILES string of the molecule is OCCOc1ccc(CN2CCC3(CC2)OCCC[C@H]3O)cc1. The molecule has 2 N–H and O–H groups in total. The minimum atomic E-state index is -0.304. The predicted octanol–water partition coefficient (Wildman–Crippen LogP) is 1.56. The molecule has 128 valence electrons. The topological polar surface area (TPSA) is 62.2 Å². The number of piperidine rings is 1. The highest BCUT2D eigenvalue weighted by molar-refractivity contribution is 5.27. The molecule has 3 rings (SSSR count). The number of nitrogens with zero attached hydrogens (tertiary/aromatic N) is 1. The number of rotatable bonds is 5.